The molecule has 88 heteroatoms. The van der Waals surface area contributed by atoms with Gasteiger partial charge in [-0.2, -0.15) is 29.9 Å². The first kappa shape index (κ1) is 228. The van der Waals surface area contributed by atoms with Crippen molar-refractivity contribution in [2.75, 3.05) is 31.9 Å². The maximum atomic E-state index is 13.3. The molecule has 10 N–H and O–H groups in total. The molecule has 0 saturated carbocycles. The van der Waals surface area contributed by atoms with E-state index in [-0.39, 0.29) is 1100 Å². The van der Waals surface area contributed by atoms with E-state index in [1.165, 1.54) is 24.3 Å². The standard InChI is InChI=1S/C48H32Cl4N14O26P2S6.36Na/c49-33-36-40(92-38-22(58-36)8-10-24(42(38)100(88,89)90)56-26-14-32(98(82,83)84)28(16-30(26)96(76,77)78)60-48-64-44(52)62-46(66-48)54-18-4-2-6-20(12-18)94(70,71)72)34(50)35-39(33)91-37-21(57-35)7-9-23(41(37)99(85,86)87)55-25-13-31(97(79,80)81)27(15-29(25)95(73,74)75)59-47-63-43(51)61-45(65-47)53-17-3-1-5-19(11-17)93(67,68)69;;;;;;;;;;;;;;;;;;;;;;;;;;;;;;;;;;;;/h1-16,55-56H,(H2,67,68,69)(H2,70,71,72)(H,73,74,75)(H,76,77,78)(H,79,80,81)(H,82,83,84)(H,85,86,87)(H,88,89,90)(H2,53,59,61,63,65)(H2,54,60,62,64,66);;;;;;;;;;;;;;;;;;;;;;;;;;;;;;;;;;;;/q;36*+1/p-6. The van der Waals surface area contributed by atoms with Crippen LogP contribution >= 0.6 is 61.6 Å². The number of hydrogen-bond donors (Lipinski definition) is 10. The smallest absolute Gasteiger partial charge is 0.744 e. The van der Waals surface area contributed by atoms with Crippen LogP contribution in [-0.4, -0.2) is 127 Å². The van der Waals surface area contributed by atoms with Crippen LogP contribution in [0.25, 0.3) is 0 Å². The third kappa shape index (κ3) is 66.8. The molecule has 0 spiro atoms. The fourth-order valence-corrected chi connectivity index (χ4v) is 15.3. The molecule has 7 aromatic carbocycles. The summed E-state index contributed by atoms with van der Waals surface area (Å²) in [5.74, 6) is -6.26. The minimum Gasteiger partial charge on any atom is -0.744 e. The first-order valence-corrected chi connectivity index (χ1v) is 38.9. The second-order valence-corrected chi connectivity index (χ2v) is 32.5. The number of rotatable bonds is 20. The fraction of sp³-hybridized carbons (Fsp3) is 0. The van der Waals surface area contributed by atoms with Gasteiger partial charge in [-0.3, -0.25) is 9.13 Å². The van der Waals surface area contributed by atoms with Gasteiger partial charge in [-0.15, -0.1) is 0 Å². The van der Waals surface area contributed by atoms with E-state index >= 15 is 0 Å². The average molecular weight is 2440 g/mol. The van der Waals surface area contributed by atoms with Crippen LogP contribution in [-0.2, 0) is 69.8 Å². The van der Waals surface area contributed by atoms with E-state index in [9.17, 15) is 107 Å². The molecule has 2 aromatic heterocycles. The molecule has 0 fully saturated rings. The van der Waals surface area contributed by atoms with Gasteiger partial charge < -0.3 is 88.3 Å². The van der Waals surface area contributed by atoms with Crippen LogP contribution in [0.4, 0.5) is 80.7 Å². The van der Waals surface area contributed by atoms with Gasteiger partial charge in [0.2, 0.25) is 34.4 Å². The van der Waals surface area contributed by atoms with E-state index in [4.69, 9.17) is 55.9 Å². The van der Waals surface area contributed by atoms with Crippen molar-refractivity contribution in [1.29, 1.82) is 0 Å². The number of benzene rings is 7. The quantitative estimate of drug-likeness (QED) is 0.0192. The van der Waals surface area contributed by atoms with Crippen LogP contribution in [0.5, 0.6) is 23.0 Å². The molecule has 11 rings (SSSR count). The van der Waals surface area contributed by atoms with E-state index < -0.39 is 239 Å². The van der Waals surface area contributed by atoms with Crippen molar-refractivity contribution in [3.63, 3.8) is 0 Å². The summed E-state index contributed by atoms with van der Waals surface area (Å²) in [6, 6.07) is 13.2. The number of halogens is 4. The minimum absolute atomic E-state index is 0. The number of nitrogens with zero attached hydrogens (tertiary/aromatic N) is 8. The van der Waals surface area contributed by atoms with E-state index in [1.54, 1.807) is 0 Å². The third-order valence-corrected chi connectivity index (χ3v) is 21.4. The van der Waals surface area contributed by atoms with Crippen molar-refractivity contribution >= 4 is 214 Å². The normalized spacial score (nSPS) is 9.69. The summed E-state index contributed by atoms with van der Waals surface area (Å²) >= 11 is 25.6. The Labute approximate surface area is 1600 Å². The van der Waals surface area contributed by atoms with Crippen molar-refractivity contribution in [2.24, 2.45) is 9.98 Å². The molecule has 2 aliphatic heterocycles. The summed E-state index contributed by atoms with van der Waals surface area (Å²) in [7, 11) is -45.0. The molecule has 524 valence electrons. The summed E-state index contributed by atoms with van der Waals surface area (Å²) in [6.45, 7) is 0. The van der Waals surface area contributed by atoms with Crippen LogP contribution in [0.2, 0.25) is 20.6 Å². The third-order valence-electron chi connectivity index (χ3n) is 13.2. The van der Waals surface area contributed by atoms with E-state index in [1.807, 2.05) is 0 Å². The Bertz CT molecular complexity index is 5840. The molecule has 0 bridgehead atoms. The van der Waals surface area contributed by atoms with Crippen molar-refractivity contribution in [2.45, 2.75) is 29.4 Å². The average Bonchev–Trinajstić information content (AvgIpc) is 0.720. The van der Waals surface area contributed by atoms with Crippen molar-refractivity contribution < 1.29 is 1180 Å². The van der Waals surface area contributed by atoms with Gasteiger partial charge in [0.15, 0.2) is 23.0 Å². The predicted octanol–water partition coefficient (Wildman–Crippen LogP) is -104. The number of hydrogen-bond acceptors (Lipinski definition) is 36. The number of fused-ring (bicyclic) bond motifs is 4. The van der Waals surface area contributed by atoms with Gasteiger partial charge >= 0.3 is 1080 Å². The zero-order valence-corrected chi connectivity index (χ0v) is 165. The molecular formula is C48H26Cl4N14Na36O26P2S6+30. The first-order valence-electron chi connectivity index (χ1n) is 25.8. The number of ether oxygens (including phenoxy) is 2. The van der Waals surface area contributed by atoms with Gasteiger partial charge in [0.1, 0.15) is 103 Å². The Hall–Kier alpha value is 27.5. The molecule has 2 aliphatic rings. The fourth-order valence-electron chi connectivity index (χ4n) is 9.21. The molecule has 40 nitrogen and oxygen atoms in total. The molecule has 0 amide bonds. The first-order chi connectivity index (χ1) is 46.2. The zero-order valence-electron chi connectivity index (χ0n) is 83.4. The second kappa shape index (κ2) is 102. The molecular weight excluding hydrogens is 2410 g/mol. The van der Waals surface area contributed by atoms with Gasteiger partial charge in [0.05, 0.1) is 64.3 Å². The maximum Gasteiger partial charge on any atom is 1.00 e. The Morgan fingerprint density at radius 3 is 0.706 bits per heavy atom. The molecule has 0 atom stereocenters. The second-order valence-electron chi connectivity index (χ2n) is 19.8. The van der Waals surface area contributed by atoms with Gasteiger partial charge in [-0.05, 0) is 108 Å². The maximum absolute atomic E-state index is 13.3. The number of nitrogens with one attached hydrogen (secondary N) is 6. The van der Waals surface area contributed by atoms with Gasteiger partial charge in [-0.1, -0.05) is 35.3 Å². The molecule has 136 heavy (non-hydrogen) atoms. The number of anilines is 12. The van der Waals surface area contributed by atoms with E-state index in [2.05, 4.69) is 71.8 Å². The Morgan fingerprint density at radius 2 is 0.493 bits per heavy atom. The van der Waals surface area contributed by atoms with Gasteiger partial charge in [0, 0.05) is 11.4 Å². The van der Waals surface area contributed by atoms with Crippen molar-refractivity contribution in [1.82, 2.24) is 29.9 Å². The molecule has 0 saturated heterocycles. The Morgan fingerprint density at radius 1 is 0.272 bits per heavy atom. The summed E-state index contributed by atoms with van der Waals surface area (Å²) in [5.41, 5.74) is -7.96. The van der Waals surface area contributed by atoms with Gasteiger partial charge in [-0.25, -0.2) is 60.5 Å². The van der Waals surface area contributed by atoms with Gasteiger partial charge in [0.25, 0.3) is 0 Å². The largest absolute Gasteiger partial charge is 1.00 e. The summed E-state index contributed by atoms with van der Waals surface area (Å²) in [4.78, 5) is 60.8. The molecule has 0 radical (unpaired) electrons. The number of aromatic nitrogens is 6. The SMILES string of the molecule is O=P(O)(O)c1cccc(Nc2nc(Cl)nc(Nc3cc(S(=O)(=O)[O-])c(Nc4ccc5c(c4S(=O)(=O)[O-])Oc4c(Cl)c6c(c(Cl)c4=N5)Oc4c(ccc(Nc5cc(S(=O)(=O)[O-])c(Nc7nc(Cl)nc(Nc8cccc(P(=O)(O)O)c8)n7)cc5S(=O)(=O)[O-])c4S(=O)(=O)[O-])N=6)cc3S(=O)(=O)[O-])n2)c1.[Na+].[Na+].[Na+].[Na+].[Na+].[Na+].[Na+].[Na+].[Na+].[Na+].[Na+].[Na+].[Na+].[Na+].[Na+].[Na+].[Na+].[Na+].[Na+].[Na+].[Na+].[Na+].[Na+].[Na+].[Na+].[Na+].[Na+].[Na+].[Na+].[Na+].[Na+].[Na+].[Na+].[Na+].[Na+].[Na+]. The monoisotopic (exact) mass is 2440 g/mol. The Kier molecular flexibility index (Phi) is 172. The Balaban J connectivity index is -0.000000140. The summed E-state index contributed by atoms with van der Waals surface area (Å²) in [5, 5.41) is 8.61. The van der Waals surface area contributed by atoms with Crippen LogP contribution in [0.1, 0.15) is 0 Å². The molecule has 9 aromatic rings. The minimum atomic E-state index is -6.00. The van der Waals surface area contributed by atoms with E-state index in [0.29, 0.717) is 12.1 Å². The predicted molar refractivity (Wildman–Crippen MR) is 337 cm³/mol. The molecule has 4 heterocycles. The van der Waals surface area contributed by atoms with Crippen LogP contribution in [0, 0.1) is 0 Å². The zero-order chi connectivity index (χ0) is 73.1. The topological polar surface area (TPSA) is 651 Å². The summed E-state index contributed by atoms with van der Waals surface area (Å²) in [6.07, 6.45) is 0. The summed E-state index contributed by atoms with van der Waals surface area (Å²) < 4.78 is 270. The molecule has 0 aliphatic carbocycles. The van der Waals surface area contributed by atoms with Crippen molar-refractivity contribution in [3.8, 4) is 23.0 Å². The van der Waals surface area contributed by atoms with Crippen LogP contribution in [0.15, 0.2) is 136 Å². The van der Waals surface area contributed by atoms with Crippen LogP contribution < -0.4 is 1130 Å². The molecule has 0 unspecified atom stereocenters. The van der Waals surface area contributed by atoms with E-state index in [0.717, 1.165) is 36.4 Å². The van der Waals surface area contributed by atoms with Crippen LogP contribution in [0.3, 0.4) is 0 Å². The van der Waals surface area contributed by atoms with Crippen molar-refractivity contribution in [3.05, 3.63) is 128 Å².